The number of hydrogen-bond acceptors (Lipinski definition) is 4. The summed E-state index contributed by atoms with van der Waals surface area (Å²) in [5.41, 5.74) is 0.976. The summed E-state index contributed by atoms with van der Waals surface area (Å²) in [5.74, 6) is -0.847. The van der Waals surface area contributed by atoms with Crippen LogP contribution < -0.4 is 0 Å². The van der Waals surface area contributed by atoms with Crippen molar-refractivity contribution in [2.75, 3.05) is 0 Å². The van der Waals surface area contributed by atoms with Gasteiger partial charge in [0.15, 0.2) is 5.79 Å². The van der Waals surface area contributed by atoms with Crippen LogP contribution in [0.25, 0.3) is 0 Å². The molecule has 3 aliphatic rings. The third kappa shape index (κ3) is 1.79. The molecule has 0 aromatic heterocycles. The van der Waals surface area contributed by atoms with Gasteiger partial charge in [0.2, 0.25) is 0 Å². The van der Waals surface area contributed by atoms with E-state index in [0.717, 1.165) is 6.42 Å². The minimum absolute atomic E-state index is 0.0655. The molecule has 2 heterocycles. The molecule has 5 heteroatoms. The average Bonchev–Trinajstić information content (AvgIpc) is 3.02. The first-order valence-corrected chi connectivity index (χ1v) is 7.71. The molecule has 2 fully saturated rings. The van der Waals surface area contributed by atoms with Gasteiger partial charge in [-0.25, -0.2) is 0 Å². The first kappa shape index (κ1) is 13.9. The third-order valence-electron chi connectivity index (χ3n) is 4.87. The van der Waals surface area contributed by atoms with E-state index in [-0.39, 0.29) is 36.0 Å². The number of rotatable bonds is 1. The van der Waals surface area contributed by atoms with Gasteiger partial charge in [-0.1, -0.05) is 19.1 Å². The van der Waals surface area contributed by atoms with E-state index in [2.05, 4.69) is 6.92 Å². The summed E-state index contributed by atoms with van der Waals surface area (Å²) in [6, 6.07) is 6.73. The Bertz CT molecular complexity index is 633. The maximum atomic E-state index is 12.7. The summed E-state index contributed by atoms with van der Waals surface area (Å²) in [5, 5.41) is 0. The number of ether oxygens (including phenoxy) is 2. The first-order chi connectivity index (χ1) is 10.4. The van der Waals surface area contributed by atoms with Crippen molar-refractivity contribution in [3.63, 3.8) is 0 Å². The number of carbonyl (C=O) groups excluding carboxylic acids is 2. The van der Waals surface area contributed by atoms with E-state index in [0.29, 0.717) is 11.1 Å². The Morgan fingerprint density at radius 2 is 1.59 bits per heavy atom. The topological polar surface area (TPSA) is 55.8 Å². The summed E-state index contributed by atoms with van der Waals surface area (Å²) in [6.07, 6.45) is 0.410. The highest BCUT2D eigenvalue weighted by molar-refractivity contribution is 6.21. The van der Waals surface area contributed by atoms with Crippen LogP contribution >= 0.6 is 0 Å². The molecule has 1 saturated carbocycles. The number of carbonyl (C=O) groups is 2. The lowest BCUT2D eigenvalue weighted by Gasteiger charge is -2.28. The largest absolute Gasteiger partial charge is 0.344 e. The predicted octanol–water partition coefficient (Wildman–Crippen LogP) is 2.21. The highest BCUT2D eigenvalue weighted by atomic mass is 16.8. The van der Waals surface area contributed by atoms with Crippen LogP contribution in [0.1, 0.15) is 47.9 Å². The van der Waals surface area contributed by atoms with Crippen LogP contribution in [0.3, 0.4) is 0 Å². The molecule has 2 amide bonds. The van der Waals surface area contributed by atoms with Crippen LogP contribution in [-0.4, -0.2) is 40.8 Å². The molecule has 4 rings (SSSR count). The van der Waals surface area contributed by atoms with Gasteiger partial charge in [-0.05, 0) is 38.3 Å². The normalized spacial score (nSPS) is 35.9. The van der Waals surface area contributed by atoms with E-state index < -0.39 is 5.79 Å². The zero-order valence-corrected chi connectivity index (χ0v) is 12.9. The van der Waals surface area contributed by atoms with Gasteiger partial charge < -0.3 is 9.47 Å². The van der Waals surface area contributed by atoms with E-state index in [1.165, 1.54) is 4.90 Å². The molecule has 116 valence electrons. The van der Waals surface area contributed by atoms with Crippen molar-refractivity contribution >= 4 is 11.8 Å². The Balaban J connectivity index is 1.69. The lowest BCUT2D eigenvalue weighted by atomic mass is 10.1. The fourth-order valence-electron chi connectivity index (χ4n) is 3.97. The van der Waals surface area contributed by atoms with Crippen molar-refractivity contribution in [3.8, 4) is 0 Å². The van der Waals surface area contributed by atoms with Crippen molar-refractivity contribution < 1.29 is 19.1 Å². The molecular formula is C17H19NO4. The monoisotopic (exact) mass is 301 g/mol. The number of nitrogens with zero attached hydrogens (tertiary/aromatic N) is 1. The van der Waals surface area contributed by atoms with Gasteiger partial charge in [0, 0.05) is 0 Å². The van der Waals surface area contributed by atoms with Crippen molar-refractivity contribution in [1.29, 1.82) is 0 Å². The molecule has 22 heavy (non-hydrogen) atoms. The lowest BCUT2D eigenvalue weighted by Crippen LogP contribution is -2.46. The lowest BCUT2D eigenvalue weighted by molar-refractivity contribution is -0.160. The van der Waals surface area contributed by atoms with Gasteiger partial charge in [0.1, 0.15) is 6.10 Å². The Morgan fingerprint density at radius 3 is 2.18 bits per heavy atom. The Labute approximate surface area is 129 Å². The maximum Gasteiger partial charge on any atom is 0.261 e. The zero-order chi connectivity index (χ0) is 15.6. The Morgan fingerprint density at radius 1 is 1.05 bits per heavy atom. The summed E-state index contributed by atoms with van der Waals surface area (Å²) >= 11 is 0. The first-order valence-electron chi connectivity index (χ1n) is 7.71. The minimum Gasteiger partial charge on any atom is -0.344 e. The van der Waals surface area contributed by atoms with Gasteiger partial charge >= 0.3 is 0 Å². The second-order valence-electron chi connectivity index (χ2n) is 6.87. The highest BCUT2D eigenvalue weighted by Crippen LogP contribution is 2.44. The maximum absolute atomic E-state index is 12.7. The minimum atomic E-state index is -0.666. The van der Waals surface area contributed by atoms with Crippen LogP contribution in [0.5, 0.6) is 0 Å². The molecule has 0 radical (unpaired) electrons. The van der Waals surface area contributed by atoms with Crippen LogP contribution in [0, 0.1) is 5.92 Å². The summed E-state index contributed by atoms with van der Waals surface area (Å²) in [7, 11) is 0. The molecule has 2 aliphatic heterocycles. The predicted molar refractivity (Wildman–Crippen MR) is 78.3 cm³/mol. The van der Waals surface area contributed by atoms with Gasteiger partial charge in [-0.15, -0.1) is 0 Å². The van der Waals surface area contributed by atoms with E-state index in [1.807, 2.05) is 13.8 Å². The van der Waals surface area contributed by atoms with Crippen LogP contribution in [-0.2, 0) is 9.47 Å². The van der Waals surface area contributed by atoms with Crippen molar-refractivity contribution in [2.45, 2.75) is 51.2 Å². The van der Waals surface area contributed by atoms with Gasteiger partial charge in [-0.3, -0.25) is 14.5 Å². The second-order valence-corrected chi connectivity index (χ2v) is 6.87. The fourth-order valence-corrected chi connectivity index (χ4v) is 3.97. The fraction of sp³-hybridized carbons (Fsp3) is 0.529. The SMILES string of the molecule is C[C@H]1C[C@@H](N2C(=O)c3ccccc3C2=O)[C@@H]2OC(C)(C)O[C@@H]21. The average molecular weight is 301 g/mol. The Kier molecular flexibility index (Phi) is 2.78. The molecule has 0 N–H and O–H groups in total. The summed E-state index contributed by atoms with van der Waals surface area (Å²) in [4.78, 5) is 26.7. The number of hydrogen-bond donors (Lipinski definition) is 0. The molecule has 0 spiro atoms. The molecular weight excluding hydrogens is 282 g/mol. The molecule has 1 aliphatic carbocycles. The van der Waals surface area contributed by atoms with Crippen molar-refractivity contribution in [1.82, 2.24) is 4.90 Å². The van der Waals surface area contributed by atoms with Crippen LogP contribution in [0.2, 0.25) is 0 Å². The van der Waals surface area contributed by atoms with Gasteiger partial charge in [0.05, 0.1) is 23.3 Å². The quantitative estimate of drug-likeness (QED) is 0.746. The molecule has 1 saturated heterocycles. The number of amides is 2. The third-order valence-corrected chi connectivity index (χ3v) is 4.87. The van der Waals surface area contributed by atoms with E-state index >= 15 is 0 Å². The highest BCUT2D eigenvalue weighted by Gasteiger charge is 2.57. The number of fused-ring (bicyclic) bond motifs is 2. The molecule has 0 bridgehead atoms. The van der Waals surface area contributed by atoms with Gasteiger partial charge in [-0.2, -0.15) is 0 Å². The second kappa shape index (κ2) is 4.40. The Hall–Kier alpha value is -1.72. The van der Waals surface area contributed by atoms with E-state index in [1.54, 1.807) is 24.3 Å². The molecule has 5 nitrogen and oxygen atoms in total. The zero-order valence-electron chi connectivity index (χ0n) is 12.9. The number of imide groups is 1. The molecule has 1 aromatic rings. The van der Waals surface area contributed by atoms with Crippen molar-refractivity contribution in [2.24, 2.45) is 5.92 Å². The molecule has 4 atom stereocenters. The molecule has 0 unspecified atom stereocenters. The van der Waals surface area contributed by atoms with E-state index in [4.69, 9.17) is 9.47 Å². The van der Waals surface area contributed by atoms with Crippen LogP contribution in [0.4, 0.5) is 0 Å². The summed E-state index contributed by atoms with van der Waals surface area (Å²) in [6.45, 7) is 5.83. The van der Waals surface area contributed by atoms with Crippen LogP contribution in [0.15, 0.2) is 24.3 Å². The smallest absolute Gasteiger partial charge is 0.261 e. The summed E-state index contributed by atoms with van der Waals surface area (Å²) < 4.78 is 11.9. The van der Waals surface area contributed by atoms with Crippen molar-refractivity contribution in [3.05, 3.63) is 35.4 Å². The molecule has 1 aromatic carbocycles. The standard InChI is InChI=1S/C17H19NO4/c1-9-8-12(14-13(9)21-17(2,3)22-14)18-15(19)10-6-4-5-7-11(10)16(18)20/h4-7,9,12-14H,8H2,1-3H3/t9-,12+,13+,14-/m0/s1. The van der Waals surface area contributed by atoms with Gasteiger partial charge in [0.25, 0.3) is 11.8 Å². The van der Waals surface area contributed by atoms with E-state index in [9.17, 15) is 9.59 Å². The number of benzene rings is 1.